The third-order valence-electron chi connectivity index (χ3n) is 1.97. The number of rotatable bonds is 3. The van der Waals surface area contributed by atoms with E-state index in [1.165, 1.54) is 11.8 Å². The van der Waals surface area contributed by atoms with Crippen LogP contribution in [0, 0.1) is 3.57 Å². The molecule has 0 amide bonds. The van der Waals surface area contributed by atoms with Crippen LogP contribution in [0.3, 0.4) is 0 Å². The van der Waals surface area contributed by atoms with Gasteiger partial charge in [-0.05, 0) is 52.6 Å². The van der Waals surface area contributed by atoms with E-state index in [1.54, 1.807) is 30.6 Å². The molecule has 0 fully saturated rings. The first-order valence-corrected chi connectivity index (χ1v) is 7.43. The molecule has 0 spiro atoms. The highest BCUT2D eigenvalue weighted by Gasteiger charge is 2.12. The quantitative estimate of drug-likeness (QED) is 0.587. The van der Waals surface area contributed by atoms with Gasteiger partial charge in [-0.3, -0.25) is 0 Å². The molecule has 0 saturated heterocycles. The molecule has 0 aliphatic rings. The molecule has 0 bridgehead atoms. The summed E-state index contributed by atoms with van der Waals surface area (Å²) in [6.45, 7) is 0. The first-order chi connectivity index (χ1) is 8.56. The summed E-state index contributed by atoms with van der Waals surface area (Å²) in [6, 6.07) is 5.00. The number of hydrogen-bond donors (Lipinski definition) is 1. The van der Waals surface area contributed by atoms with Crippen LogP contribution in [0.5, 0.6) is 0 Å². The normalized spacial score (nSPS) is 10.3. The van der Waals surface area contributed by atoms with Crippen LogP contribution in [-0.4, -0.2) is 21.0 Å². The van der Waals surface area contributed by atoms with Crippen LogP contribution in [0.15, 0.2) is 45.1 Å². The fourth-order valence-electron chi connectivity index (χ4n) is 1.21. The molecular weight excluding hydrogens is 431 g/mol. The summed E-state index contributed by atoms with van der Waals surface area (Å²) in [4.78, 5) is 20.0. The van der Waals surface area contributed by atoms with Crippen LogP contribution >= 0.6 is 50.3 Å². The van der Waals surface area contributed by atoms with E-state index >= 15 is 0 Å². The lowest BCUT2D eigenvalue weighted by Gasteiger charge is -2.05. The van der Waals surface area contributed by atoms with Gasteiger partial charge in [-0.15, -0.1) is 0 Å². The molecule has 0 aliphatic heterocycles. The van der Waals surface area contributed by atoms with Crippen molar-refractivity contribution in [2.45, 2.75) is 10.1 Å². The fourth-order valence-corrected chi connectivity index (χ4v) is 2.86. The summed E-state index contributed by atoms with van der Waals surface area (Å²) in [6.07, 6.45) is 3.38. The maximum Gasteiger partial charge on any atom is 0.336 e. The molecule has 2 aromatic rings. The molecule has 1 aromatic heterocycles. The van der Waals surface area contributed by atoms with Gasteiger partial charge in [0.2, 0.25) is 0 Å². The van der Waals surface area contributed by atoms with Gasteiger partial charge in [-0.2, -0.15) is 0 Å². The molecule has 4 nitrogen and oxygen atoms in total. The minimum atomic E-state index is -0.962. The number of nitrogens with zero attached hydrogens (tertiary/aromatic N) is 2. The summed E-state index contributed by atoms with van der Waals surface area (Å²) >= 11 is 6.67. The summed E-state index contributed by atoms with van der Waals surface area (Å²) in [7, 11) is 0. The maximum atomic E-state index is 11.1. The van der Waals surface area contributed by atoms with Crippen molar-refractivity contribution < 1.29 is 9.90 Å². The van der Waals surface area contributed by atoms with Crippen LogP contribution < -0.4 is 0 Å². The Bertz CT molecular complexity index is 592. The largest absolute Gasteiger partial charge is 0.478 e. The summed E-state index contributed by atoms with van der Waals surface area (Å²) in [5, 5.41) is 9.63. The Balaban J connectivity index is 2.35. The van der Waals surface area contributed by atoms with Crippen LogP contribution in [0.1, 0.15) is 10.4 Å². The second-order valence-corrected chi connectivity index (χ2v) is 6.40. The monoisotopic (exact) mass is 436 g/mol. The number of benzene rings is 1. The van der Waals surface area contributed by atoms with Crippen molar-refractivity contribution in [3.8, 4) is 0 Å². The van der Waals surface area contributed by atoms with E-state index in [1.807, 2.05) is 0 Å². The van der Waals surface area contributed by atoms with Crippen molar-refractivity contribution in [2.24, 2.45) is 0 Å². The third-order valence-corrected chi connectivity index (χ3v) is 3.97. The van der Waals surface area contributed by atoms with Gasteiger partial charge in [0.15, 0.2) is 5.16 Å². The zero-order chi connectivity index (χ0) is 13.1. The van der Waals surface area contributed by atoms with Gasteiger partial charge in [0.25, 0.3) is 0 Å². The molecule has 18 heavy (non-hydrogen) atoms. The van der Waals surface area contributed by atoms with Gasteiger partial charge in [0, 0.05) is 25.3 Å². The molecule has 7 heteroatoms. The van der Waals surface area contributed by atoms with Gasteiger partial charge in [-0.1, -0.05) is 15.9 Å². The Kier molecular flexibility index (Phi) is 4.57. The van der Waals surface area contributed by atoms with E-state index in [4.69, 9.17) is 5.11 Å². The van der Waals surface area contributed by atoms with E-state index < -0.39 is 5.97 Å². The number of carbonyl (C=O) groups is 1. The van der Waals surface area contributed by atoms with Crippen molar-refractivity contribution in [3.63, 3.8) is 0 Å². The van der Waals surface area contributed by atoms with Gasteiger partial charge < -0.3 is 5.11 Å². The standard InChI is InChI=1S/C11H6BrIN2O2S/c12-6-1-2-8(10(16)17)9(3-6)18-11-14-4-7(13)5-15-11/h1-5H,(H,16,17). The molecule has 0 radical (unpaired) electrons. The Morgan fingerprint density at radius 2 is 2.00 bits per heavy atom. The zero-order valence-corrected chi connectivity index (χ0v) is 13.4. The predicted molar refractivity (Wildman–Crippen MR) is 80.0 cm³/mol. The molecule has 0 unspecified atom stereocenters. The molecule has 0 aliphatic carbocycles. The molecular formula is C11H6BrIN2O2S. The van der Waals surface area contributed by atoms with E-state index in [0.29, 0.717) is 10.1 Å². The maximum absolute atomic E-state index is 11.1. The lowest BCUT2D eigenvalue weighted by molar-refractivity contribution is 0.0693. The van der Waals surface area contributed by atoms with Crippen molar-refractivity contribution in [2.75, 3.05) is 0 Å². The van der Waals surface area contributed by atoms with Gasteiger partial charge >= 0.3 is 5.97 Å². The highest BCUT2D eigenvalue weighted by molar-refractivity contribution is 14.1. The molecule has 1 aromatic carbocycles. The zero-order valence-electron chi connectivity index (χ0n) is 8.80. The second kappa shape index (κ2) is 5.98. The summed E-state index contributed by atoms with van der Waals surface area (Å²) in [5.41, 5.74) is 0.241. The first kappa shape index (κ1) is 13.8. The Hall–Kier alpha value is -0.670. The van der Waals surface area contributed by atoms with Gasteiger partial charge in [-0.25, -0.2) is 14.8 Å². The molecule has 0 saturated carbocycles. The number of halogens is 2. The van der Waals surface area contributed by atoms with E-state index in [0.717, 1.165) is 8.04 Å². The molecule has 0 atom stereocenters. The van der Waals surface area contributed by atoms with Crippen molar-refractivity contribution in [1.82, 2.24) is 9.97 Å². The lowest BCUT2D eigenvalue weighted by atomic mass is 10.2. The Morgan fingerprint density at radius 3 is 2.61 bits per heavy atom. The van der Waals surface area contributed by atoms with E-state index in [-0.39, 0.29) is 5.56 Å². The fraction of sp³-hybridized carbons (Fsp3) is 0. The van der Waals surface area contributed by atoms with E-state index in [9.17, 15) is 4.79 Å². The highest BCUT2D eigenvalue weighted by atomic mass is 127. The third kappa shape index (κ3) is 3.42. The topological polar surface area (TPSA) is 63.1 Å². The predicted octanol–water partition coefficient (Wildman–Crippen LogP) is 3.69. The van der Waals surface area contributed by atoms with Gasteiger partial charge in [0.1, 0.15) is 0 Å². The number of hydrogen-bond acceptors (Lipinski definition) is 4. The Morgan fingerprint density at radius 1 is 1.33 bits per heavy atom. The number of aromatic nitrogens is 2. The SMILES string of the molecule is O=C(O)c1ccc(Br)cc1Sc1ncc(I)cn1. The number of aromatic carboxylic acids is 1. The average molecular weight is 437 g/mol. The molecule has 2 rings (SSSR count). The van der Waals surface area contributed by atoms with Crippen LogP contribution in [-0.2, 0) is 0 Å². The molecule has 1 heterocycles. The Labute approximate surface area is 130 Å². The van der Waals surface area contributed by atoms with Crippen LogP contribution in [0.4, 0.5) is 0 Å². The summed E-state index contributed by atoms with van der Waals surface area (Å²) in [5.74, 6) is -0.962. The van der Waals surface area contributed by atoms with Crippen LogP contribution in [0.25, 0.3) is 0 Å². The highest BCUT2D eigenvalue weighted by Crippen LogP contribution is 2.30. The molecule has 92 valence electrons. The second-order valence-electron chi connectivity index (χ2n) is 3.23. The minimum absolute atomic E-state index is 0.241. The number of carboxylic acids is 1. The smallest absolute Gasteiger partial charge is 0.336 e. The lowest BCUT2D eigenvalue weighted by Crippen LogP contribution is -1.99. The van der Waals surface area contributed by atoms with E-state index in [2.05, 4.69) is 48.5 Å². The van der Waals surface area contributed by atoms with Crippen molar-refractivity contribution in [1.29, 1.82) is 0 Å². The van der Waals surface area contributed by atoms with Gasteiger partial charge in [0.05, 0.1) is 5.56 Å². The molecule has 1 N–H and O–H groups in total. The summed E-state index contributed by atoms with van der Waals surface area (Å²) < 4.78 is 1.75. The van der Waals surface area contributed by atoms with Crippen LogP contribution in [0.2, 0.25) is 0 Å². The minimum Gasteiger partial charge on any atom is -0.478 e. The average Bonchev–Trinajstić information content (AvgIpc) is 2.32. The van der Waals surface area contributed by atoms with Crippen molar-refractivity contribution >= 4 is 56.3 Å². The number of carboxylic acid groups (broad SMARTS) is 1. The first-order valence-electron chi connectivity index (χ1n) is 4.74. The van der Waals surface area contributed by atoms with Crippen molar-refractivity contribution in [3.05, 3.63) is 44.2 Å².